The highest BCUT2D eigenvalue weighted by Gasteiger charge is 2.28. The fourth-order valence-electron chi connectivity index (χ4n) is 2.43. The molecule has 0 amide bonds. The van der Waals surface area contributed by atoms with E-state index in [2.05, 4.69) is 42.7 Å². The summed E-state index contributed by atoms with van der Waals surface area (Å²) < 4.78 is 11.0. The van der Waals surface area contributed by atoms with Gasteiger partial charge in [0.2, 0.25) is 11.7 Å². The zero-order valence-corrected chi connectivity index (χ0v) is 12.9. The van der Waals surface area contributed by atoms with Crippen molar-refractivity contribution in [2.24, 2.45) is 11.7 Å². The van der Waals surface area contributed by atoms with Crippen LogP contribution in [0.4, 0.5) is 0 Å². The van der Waals surface area contributed by atoms with Crippen LogP contribution in [0.2, 0.25) is 0 Å². The van der Waals surface area contributed by atoms with Crippen molar-refractivity contribution in [2.75, 3.05) is 19.7 Å². The van der Waals surface area contributed by atoms with Gasteiger partial charge in [0.25, 0.3) is 0 Å². The molecule has 1 saturated heterocycles. The largest absolute Gasteiger partial charge is 0.367 e. The summed E-state index contributed by atoms with van der Waals surface area (Å²) in [5, 5.41) is 4.04. The van der Waals surface area contributed by atoms with Gasteiger partial charge in [-0.2, -0.15) is 4.98 Å². The molecule has 0 aliphatic carbocycles. The third-order valence-corrected chi connectivity index (χ3v) is 3.62. The maximum Gasteiger partial charge on any atom is 0.243 e. The van der Waals surface area contributed by atoms with Crippen LogP contribution in [0.15, 0.2) is 4.52 Å². The first-order chi connectivity index (χ1) is 9.47. The Morgan fingerprint density at radius 3 is 2.75 bits per heavy atom. The predicted molar refractivity (Wildman–Crippen MR) is 76.1 cm³/mol. The van der Waals surface area contributed by atoms with Gasteiger partial charge in [-0.1, -0.05) is 19.0 Å². The van der Waals surface area contributed by atoms with Crippen LogP contribution in [0, 0.1) is 5.92 Å². The molecule has 2 heterocycles. The third-order valence-electron chi connectivity index (χ3n) is 3.62. The van der Waals surface area contributed by atoms with Gasteiger partial charge in [-0.3, -0.25) is 4.90 Å². The number of hydrogen-bond donors (Lipinski definition) is 1. The first kappa shape index (κ1) is 15.4. The number of aromatic nitrogens is 2. The Morgan fingerprint density at radius 2 is 2.10 bits per heavy atom. The van der Waals surface area contributed by atoms with E-state index < -0.39 is 0 Å². The highest BCUT2D eigenvalue weighted by Crippen LogP contribution is 2.23. The fourth-order valence-corrected chi connectivity index (χ4v) is 2.43. The SMILES string of the molecule is CC(C)C[C@H](N)c1nc(C2CN(C(C)C)CCO2)no1. The minimum Gasteiger partial charge on any atom is -0.367 e. The minimum absolute atomic E-state index is 0.116. The number of hydrogen-bond acceptors (Lipinski definition) is 6. The van der Waals surface area contributed by atoms with Crippen molar-refractivity contribution in [1.82, 2.24) is 15.0 Å². The molecule has 20 heavy (non-hydrogen) atoms. The molecule has 2 rings (SSSR count). The molecule has 0 radical (unpaired) electrons. The van der Waals surface area contributed by atoms with E-state index in [-0.39, 0.29) is 12.1 Å². The van der Waals surface area contributed by atoms with Crippen molar-refractivity contribution in [2.45, 2.75) is 52.3 Å². The van der Waals surface area contributed by atoms with E-state index in [4.69, 9.17) is 15.0 Å². The molecule has 0 saturated carbocycles. The molecule has 1 aromatic heterocycles. The molecule has 1 aliphatic heterocycles. The molecule has 114 valence electrons. The molecular weight excluding hydrogens is 256 g/mol. The van der Waals surface area contributed by atoms with Crippen molar-refractivity contribution < 1.29 is 9.26 Å². The summed E-state index contributed by atoms with van der Waals surface area (Å²) in [5.74, 6) is 1.63. The van der Waals surface area contributed by atoms with E-state index in [1.54, 1.807) is 0 Å². The molecular formula is C14H26N4O2. The molecule has 1 aliphatic rings. The lowest BCUT2D eigenvalue weighted by molar-refractivity contribution is -0.0450. The van der Waals surface area contributed by atoms with Crippen molar-refractivity contribution in [3.63, 3.8) is 0 Å². The summed E-state index contributed by atoms with van der Waals surface area (Å²) in [6, 6.07) is 0.303. The average Bonchev–Trinajstić information content (AvgIpc) is 2.87. The highest BCUT2D eigenvalue weighted by atomic mass is 16.5. The van der Waals surface area contributed by atoms with Gasteiger partial charge in [0.1, 0.15) is 6.10 Å². The summed E-state index contributed by atoms with van der Waals surface area (Å²) >= 11 is 0. The molecule has 2 N–H and O–H groups in total. The van der Waals surface area contributed by atoms with Crippen LogP contribution in [0.25, 0.3) is 0 Å². The lowest BCUT2D eigenvalue weighted by Crippen LogP contribution is -2.42. The van der Waals surface area contributed by atoms with Gasteiger partial charge in [0, 0.05) is 19.1 Å². The molecule has 1 unspecified atom stereocenters. The van der Waals surface area contributed by atoms with Crippen LogP contribution in [0.1, 0.15) is 58.0 Å². The number of morpholine rings is 1. The second kappa shape index (κ2) is 6.65. The first-order valence-corrected chi connectivity index (χ1v) is 7.42. The Kier molecular flexibility index (Phi) is 5.12. The molecule has 6 heteroatoms. The van der Waals surface area contributed by atoms with E-state index >= 15 is 0 Å². The van der Waals surface area contributed by atoms with Gasteiger partial charge in [-0.15, -0.1) is 0 Å². The molecule has 0 bridgehead atoms. The molecule has 0 spiro atoms. The second-order valence-corrected chi connectivity index (χ2v) is 6.17. The van der Waals surface area contributed by atoms with Gasteiger partial charge >= 0.3 is 0 Å². The molecule has 0 aromatic carbocycles. The molecule has 1 aromatic rings. The van der Waals surface area contributed by atoms with Crippen LogP contribution >= 0.6 is 0 Å². The Balaban J connectivity index is 2.01. The molecule has 2 atom stereocenters. The van der Waals surface area contributed by atoms with Crippen molar-refractivity contribution in [1.29, 1.82) is 0 Å². The van der Waals surface area contributed by atoms with Gasteiger partial charge < -0.3 is 15.0 Å². The summed E-state index contributed by atoms with van der Waals surface area (Å²) in [5.41, 5.74) is 6.07. The quantitative estimate of drug-likeness (QED) is 0.888. The van der Waals surface area contributed by atoms with Gasteiger partial charge in [0.05, 0.1) is 12.6 Å². The lowest BCUT2D eigenvalue weighted by Gasteiger charge is -2.34. The predicted octanol–water partition coefficient (Wildman–Crippen LogP) is 1.90. The van der Waals surface area contributed by atoms with E-state index in [0.717, 1.165) is 19.5 Å². The monoisotopic (exact) mass is 282 g/mol. The van der Waals surface area contributed by atoms with Crippen LogP contribution in [-0.4, -0.2) is 40.8 Å². The average molecular weight is 282 g/mol. The van der Waals surface area contributed by atoms with Crippen molar-refractivity contribution >= 4 is 0 Å². The Bertz CT molecular complexity index is 419. The summed E-state index contributed by atoms with van der Waals surface area (Å²) in [6.07, 6.45) is 0.723. The van der Waals surface area contributed by atoms with Crippen molar-refractivity contribution in [3.05, 3.63) is 11.7 Å². The molecule has 6 nitrogen and oxygen atoms in total. The Morgan fingerprint density at radius 1 is 1.35 bits per heavy atom. The second-order valence-electron chi connectivity index (χ2n) is 6.17. The van der Waals surface area contributed by atoms with Crippen LogP contribution < -0.4 is 5.73 Å². The lowest BCUT2D eigenvalue weighted by atomic mass is 10.0. The summed E-state index contributed by atoms with van der Waals surface area (Å²) in [6.45, 7) is 11.1. The number of ether oxygens (including phenoxy) is 1. The zero-order valence-electron chi connectivity index (χ0n) is 12.9. The number of nitrogens with two attached hydrogens (primary N) is 1. The van der Waals surface area contributed by atoms with E-state index in [1.807, 2.05) is 0 Å². The van der Waals surface area contributed by atoms with E-state index in [0.29, 0.717) is 30.3 Å². The molecule has 1 fully saturated rings. The van der Waals surface area contributed by atoms with Crippen LogP contribution in [0.3, 0.4) is 0 Å². The summed E-state index contributed by atoms with van der Waals surface area (Å²) in [4.78, 5) is 6.79. The fraction of sp³-hybridized carbons (Fsp3) is 0.857. The minimum atomic E-state index is -0.193. The maximum atomic E-state index is 6.07. The zero-order chi connectivity index (χ0) is 14.7. The first-order valence-electron chi connectivity index (χ1n) is 7.42. The third kappa shape index (κ3) is 3.77. The maximum absolute atomic E-state index is 6.07. The van der Waals surface area contributed by atoms with Gasteiger partial charge in [0.15, 0.2) is 0 Å². The van der Waals surface area contributed by atoms with Crippen LogP contribution in [-0.2, 0) is 4.74 Å². The smallest absolute Gasteiger partial charge is 0.243 e. The number of rotatable bonds is 5. The normalized spacial score (nSPS) is 22.6. The van der Waals surface area contributed by atoms with Crippen LogP contribution in [0.5, 0.6) is 0 Å². The number of nitrogens with zero attached hydrogens (tertiary/aromatic N) is 3. The standard InChI is InChI=1S/C14H26N4O2/c1-9(2)7-11(15)14-16-13(17-20-14)12-8-18(10(3)4)5-6-19-12/h9-12H,5-8,15H2,1-4H3/t11-,12?/m0/s1. The Hall–Kier alpha value is -0.980. The van der Waals surface area contributed by atoms with Gasteiger partial charge in [-0.25, -0.2) is 0 Å². The van der Waals surface area contributed by atoms with Crippen molar-refractivity contribution in [3.8, 4) is 0 Å². The Labute approximate surface area is 120 Å². The van der Waals surface area contributed by atoms with E-state index in [1.165, 1.54) is 0 Å². The summed E-state index contributed by atoms with van der Waals surface area (Å²) in [7, 11) is 0. The topological polar surface area (TPSA) is 77.4 Å². The highest BCUT2D eigenvalue weighted by molar-refractivity contribution is 4.97. The van der Waals surface area contributed by atoms with E-state index in [9.17, 15) is 0 Å². The van der Waals surface area contributed by atoms with Gasteiger partial charge in [-0.05, 0) is 26.2 Å².